The second kappa shape index (κ2) is 7.42. The highest BCUT2D eigenvalue weighted by Gasteiger charge is 2.24. The Labute approximate surface area is 136 Å². The molecule has 1 aromatic carbocycles. The highest BCUT2D eigenvalue weighted by Crippen LogP contribution is 2.29. The zero-order chi connectivity index (χ0) is 16.1. The van der Waals surface area contributed by atoms with E-state index in [1.165, 1.54) is 18.4 Å². The third kappa shape index (κ3) is 4.66. The summed E-state index contributed by atoms with van der Waals surface area (Å²) >= 11 is 0. The summed E-state index contributed by atoms with van der Waals surface area (Å²) in [6.07, 6.45) is 4.59. The zero-order valence-corrected chi connectivity index (χ0v) is 13.4. The largest absolute Gasteiger partial charge is 0.368 e. The van der Waals surface area contributed by atoms with Gasteiger partial charge < -0.3 is 10.1 Å². The molecule has 1 aliphatic carbocycles. The number of anilines is 1. The molecular weight excluding hydrogens is 290 g/mol. The van der Waals surface area contributed by atoms with Crippen molar-refractivity contribution in [2.75, 3.05) is 11.9 Å². The summed E-state index contributed by atoms with van der Waals surface area (Å²) in [5, 5.41) is 7.20. The predicted octanol–water partition coefficient (Wildman–Crippen LogP) is 2.88. The molecule has 1 heterocycles. The molecule has 1 aliphatic rings. The number of carbonyl (C=O) groups excluding carboxylic acids is 1. The Hall–Kier alpha value is -2.14. The van der Waals surface area contributed by atoms with E-state index in [1.54, 1.807) is 13.1 Å². The third-order valence-electron chi connectivity index (χ3n) is 4.07. The van der Waals surface area contributed by atoms with Gasteiger partial charge in [-0.2, -0.15) is 5.10 Å². The minimum absolute atomic E-state index is 0.118. The Bertz CT molecular complexity index is 635. The first-order valence-corrected chi connectivity index (χ1v) is 8.20. The fourth-order valence-electron chi connectivity index (χ4n) is 2.37. The van der Waals surface area contributed by atoms with E-state index in [4.69, 9.17) is 4.74 Å². The van der Waals surface area contributed by atoms with Crippen molar-refractivity contribution in [1.82, 2.24) is 9.78 Å². The first-order chi connectivity index (χ1) is 11.2. The number of nitrogens with zero attached hydrogens (tertiary/aromatic N) is 2. The molecule has 1 fully saturated rings. The van der Waals surface area contributed by atoms with E-state index in [0.717, 1.165) is 13.0 Å². The first kappa shape index (κ1) is 15.7. The lowest BCUT2D eigenvalue weighted by Gasteiger charge is -2.14. The maximum Gasteiger partial charge on any atom is 0.254 e. The fourth-order valence-corrected chi connectivity index (χ4v) is 2.37. The van der Waals surface area contributed by atoms with Gasteiger partial charge in [-0.05, 0) is 37.7 Å². The minimum atomic E-state index is -0.437. The number of benzene rings is 1. The van der Waals surface area contributed by atoms with Crippen molar-refractivity contribution in [2.45, 2.75) is 38.8 Å². The molecule has 3 rings (SSSR count). The summed E-state index contributed by atoms with van der Waals surface area (Å²) in [6, 6.07) is 12.1. The van der Waals surface area contributed by atoms with Gasteiger partial charge in [0.1, 0.15) is 11.9 Å². The molecule has 0 bridgehead atoms. The SMILES string of the molecule is CC(OCC1CC1)C(=O)Nc1ccnn1CCc1ccccc1. The van der Waals surface area contributed by atoms with Crippen LogP contribution in [0.3, 0.4) is 0 Å². The summed E-state index contributed by atoms with van der Waals surface area (Å²) < 4.78 is 7.42. The Kier molecular flexibility index (Phi) is 5.08. The number of hydrogen-bond acceptors (Lipinski definition) is 3. The van der Waals surface area contributed by atoms with Crippen LogP contribution in [0.5, 0.6) is 0 Å². The highest BCUT2D eigenvalue weighted by molar-refractivity contribution is 5.93. The standard InChI is InChI=1S/C18H23N3O2/c1-14(23-13-16-7-8-16)18(22)20-17-9-11-19-21(17)12-10-15-5-3-2-4-6-15/h2-6,9,11,14,16H,7-8,10,12-13H2,1H3,(H,20,22). The highest BCUT2D eigenvalue weighted by atomic mass is 16.5. The molecular formula is C18H23N3O2. The van der Waals surface area contributed by atoms with Gasteiger partial charge >= 0.3 is 0 Å². The molecule has 0 saturated heterocycles. The lowest BCUT2D eigenvalue weighted by Crippen LogP contribution is -2.29. The first-order valence-electron chi connectivity index (χ1n) is 8.20. The zero-order valence-electron chi connectivity index (χ0n) is 13.4. The average Bonchev–Trinajstić information content (AvgIpc) is 3.31. The van der Waals surface area contributed by atoms with Gasteiger partial charge in [0.2, 0.25) is 0 Å². The Morgan fingerprint density at radius 2 is 2.13 bits per heavy atom. The summed E-state index contributed by atoms with van der Waals surface area (Å²) in [7, 11) is 0. The maximum absolute atomic E-state index is 12.2. The lowest BCUT2D eigenvalue weighted by atomic mass is 10.1. The molecule has 1 unspecified atom stereocenters. The summed E-state index contributed by atoms with van der Waals surface area (Å²) in [5.74, 6) is 1.25. The third-order valence-corrected chi connectivity index (χ3v) is 4.07. The van der Waals surface area contributed by atoms with Gasteiger partial charge in [0.25, 0.3) is 5.91 Å². The second-order valence-corrected chi connectivity index (χ2v) is 6.08. The lowest BCUT2D eigenvalue weighted by molar-refractivity contribution is -0.126. The van der Waals surface area contributed by atoms with E-state index in [0.29, 0.717) is 18.3 Å². The number of hydrogen-bond donors (Lipinski definition) is 1. The molecule has 1 saturated carbocycles. The van der Waals surface area contributed by atoms with Crippen molar-refractivity contribution in [3.05, 3.63) is 48.2 Å². The van der Waals surface area contributed by atoms with E-state index < -0.39 is 6.10 Å². The van der Waals surface area contributed by atoms with Gasteiger partial charge in [-0.1, -0.05) is 30.3 Å². The van der Waals surface area contributed by atoms with Gasteiger partial charge in [0.15, 0.2) is 0 Å². The van der Waals surface area contributed by atoms with Crippen molar-refractivity contribution in [3.63, 3.8) is 0 Å². The summed E-state index contributed by atoms with van der Waals surface area (Å²) in [4.78, 5) is 12.2. The summed E-state index contributed by atoms with van der Waals surface area (Å²) in [6.45, 7) is 3.20. The monoisotopic (exact) mass is 313 g/mol. The fraction of sp³-hybridized carbons (Fsp3) is 0.444. The Morgan fingerprint density at radius 1 is 1.35 bits per heavy atom. The number of nitrogens with one attached hydrogen (secondary N) is 1. The van der Waals surface area contributed by atoms with E-state index in [9.17, 15) is 4.79 Å². The van der Waals surface area contributed by atoms with Crippen LogP contribution in [0.4, 0.5) is 5.82 Å². The van der Waals surface area contributed by atoms with Gasteiger partial charge in [0.05, 0.1) is 12.8 Å². The van der Waals surface area contributed by atoms with Gasteiger partial charge in [-0.3, -0.25) is 4.79 Å². The molecule has 23 heavy (non-hydrogen) atoms. The van der Waals surface area contributed by atoms with Crippen molar-refractivity contribution >= 4 is 11.7 Å². The molecule has 1 aromatic heterocycles. The van der Waals surface area contributed by atoms with E-state index in [1.807, 2.05) is 28.9 Å². The molecule has 5 nitrogen and oxygen atoms in total. The molecule has 0 aliphatic heterocycles. The van der Waals surface area contributed by atoms with Crippen molar-refractivity contribution in [3.8, 4) is 0 Å². The molecule has 1 N–H and O–H groups in total. The number of aryl methyl sites for hydroxylation is 2. The van der Waals surface area contributed by atoms with Crippen LogP contribution in [0, 0.1) is 5.92 Å². The second-order valence-electron chi connectivity index (χ2n) is 6.08. The molecule has 122 valence electrons. The molecule has 5 heteroatoms. The molecule has 1 amide bonds. The van der Waals surface area contributed by atoms with Gasteiger partial charge in [0, 0.05) is 12.6 Å². The number of carbonyl (C=O) groups is 1. The van der Waals surface area contributed by atoms with Crippen LogP contribution >= 0.6 is 0 Å². The smallest absolute Gasteiger partial charge is 0.254 e. The molecule has 2 aromatic rings. The van der Waals surface area contributed by atoms with Crippen LogP contribution < -0.4 is 5.32 Å². The van der Waals surface area contributed by atoms with E-state index >= 15 is 0 Å². The van der Waals surface area contributed by atoms with Crippen molar-refractivity contribution in [1.29, 1.82) is 0 Å². The Morgan fingerprint density at radius 3 is 2.87 bits per heavy atom. The Balaban J connectivity index is 1.51. The van der Waals surface area contributed by atoms with Gasteiger partial charge in [-0.15, -0.1) is 0 Å². The average molecular weight is 313 g/mol. The minimum Gasteiger partial charge on any atom is -0.368 e. The molecule has 1 atom stereocenters. The van der Waals surface area contributed by atoms with Gasteiger partial charge in [-0.25, -0.2) is 4.68 Å². The predicted molar refractivity (Wildman–Crippen MR) is 89.1 cm³/mol. The van der Waals surface area contributed by atoms with Crippen LogP contribution in [0.2, 0.25) is 0 Å². The molecule has 0 spiro atoms. The van der Waals surface area contributed by atoms with E-state index in [-0.39, 0.29) is 5.91 Å². The quantitative estimate of drug-likeness (QED) is 0.815. The number of amides is 1. The van der Waals surface area contributed by atoms with Crippen molar-refractivity contribution < 1.29 is 9.53 Å². The van der Waals surface area contributed by atoms with Crippen LogP contribution in [-0.4, -0.2) is 28.4 Å². The molecule has 0 radical (unpaired) electrons. The van der Waals surface area contributed by atoms with Crippen LogP contribution in [-0.2, 0) is 22.5 Å². The van der Waals surface area contributed by atoms with Crippen molar-refractivity contribution in [2.24, 2.45) is 5.92 Å². The maximum atomic E-state index is 12.2. The number of ether oxygens (including phenoxy) is 1. The van der Waals surface area contributed by atoms with Crippen LogP contribution in [0.1, 0.15) is 25.3 Å². The van der Waals surface area contributed by atoms with Crippen LogP contribution in [0.15, 0.2) is 42.6 Å². The number of aromatic nitrogens is 2. The normalized spacial score (nSPS) is 15.3. The van der Waals surface area contributed by atoms with E-state index in [2.05, 4.69) is 22.5 Å². The topological polar surface area (TPSA) is 56.1 Å². The summed E-state index contributed by atoms with van der Waals surface area (Å²) in [5.41, 5.74) is 1.25. The van der Waals surface area contributed by atoms with Crippen LogP contribution in [0.25, 0.3) is 0 Å². The number of rotatable bonds is 8.